The standard InChI is InChI=1S/C30H31FO4/c1-29(2)12-13-30(3,4)25-17-27(35-18-20-6-5-7-21(31)14-20)23(16-24(25)29)22-15-19(8-10-26(22)32)9-11-28(33)34/h5-11,14-17,32H,12-13,18H2,1-4H3,(H,33,34)/b11-9+. The van der Waals surface area contributed by atoms with E-state index >= 15 is 0 Å². The molecular weight excluding hydrogens is 443 g/mol. The summed E-state index contributed by atoms with van der Waals surface area (Å²) in [5, 5.41) is 19.8. The number of phenols is 1. The van der Waals surface area contributed by atoms with Gasteiger partial charge in [0.1, 0.15) is 23.9 Å². The van der Waals surface area contributed by atoms with Gasteiger partial charge in [0.05, 0.1) is 0 Å². The Morgan fingerprint density at radius 1 is 0.971 bits per heavy atom. The molecule has 2 N–H and O–H groups in total. The molecule has 3 aromatic carbocycles. The summed E-state index contributed by atoms with van der Waals surface area (Å²) in [6.45, 7) is 9.08. The third-order valence-electron chi connectivity index (χ3n) is 6.97. The van der Waals surface area contributed by atoms with Gasteiger partial charge in [-0.2, -0.15) is 0 Å². The van der Waals surface area contributed by atoms with E-state index < -0.39 is 5.97 Å². The maximum atomic E-state index is 13.7. The number of rotatable bonds is 6. The smallest absolute Gasteiger partial charge is 0.328 e. The van der Waals surface area contributed by atoms with Gasteiger partial charge in [0, 0.05) is 17.2 Å². The number of aliphatic carboxylic acids is 1. The molecule has 0 spiro atoms. The van der Waals surface area contributed by atoms with Crippen LogP contribution < -0.4 is 4.74 Å². The lowest BCUT2D eigenvalue weighted by molar-refractivity contribution is -0.131. The molecule has 4 nitrogen and oxygen atoms in total. The van der Waals surface area contributed by atoms with Gasteiger partial charge < -0.3 is 14.9 Å². The fourth-order valence-electron chi connectivity index (χ4n) is 4.75. The number of ether oxygens (including phenoxy) is 1. The number of carboxylic acid groups (broad SMARTS) is 1. The maximum Gasteiger partial charge on any atom is 0.328 e. The number of hydrogen-bond acceptors (Lipinski definition) is 3. The molecule has 0 heterocycles. The average Bonchev–Trinajstić information content (AvgIpc) is 2.80. The third-order valence-corrected chi connectivity index (χ3v) is 6.97. The lowest BCUT2D eigenvalue weighted by Crippen LogP contribution is -2.33. The first-order valence-electron chi connectivity index (χ1n) is 11.8. The zero-order valence-electron chi connectivity index (χ0n) is 20.6. The number of phenolic OH excluding ortho intramolecular Hbond substituents is 1. The number of aromatic hydroxyl groups is 1. The Bertz CT molecular complexity index is 1300. The number of carbonyl (C=O) groups is 1. The van der Waals surface area contributed by atoms with Crippen molar-refractivity contribution >= 4 is 12.0 Å². The lowest BCUT2D eigenvalue weighted by atomic mass is 9.62. The molecule has 0 aromatic heterocycles. The summed E-state index contributed by atoms with van der Waals surface area (Å²) < 4.78 is 20.0. The van der Waals surface area contributed by atoms with E-state index in [1.54, 1.807) is 24.3 Å². The predicted molar refractivity (Wildman–Crippen MR) is 136 cm³/mol. The monoisotopic (exact) mass is 474 g/mol. The molecule has 0 radical (unpaired) electrons. The zero-order valence-corrected chi connectivity index (χ0v) is 20.6. The molecule has 0 saturated carbocycles. The summed E-state index contributed by atoms with van der Waals surface area (Å²) in [4.78, 5) is 11.0. The van der Waals surface area contributed by atoms with E-state index in [0.29, 0.717) is 28.0 Å². The Hall–Kier alpha value is -3.60. The Morgan fingerprint density at radius 2 is 1.66 bits per heavy atom. The van der Waals surface area contributed by atoms with E-state index in [1.807, 2.05) is 6.07 Å². The van der Waals surface area contributed by atoms with Gasteiger partial charge in [-0.15, -0.1) is 0 Å². The molecule has 0 bridgehead atoms. The van der Waals surface area contributed by atoms with E-state index in [-0.39, 0.29) is 29.0 Å². The normalized spacial score (nSPS) is 16.1. The highest BCUT2D eigenvalue weighted by molar-refractivity contribution is 5.86. The SMILES string of the molecule is CC1(C)CCC(C)(C)c2cc(-c3cc(/C=C/C(=O)O)ccc3O)c(OCc3cccc(F)c3)cc21. The average molecular weight is 475 g/mol. The van der Waals surface area contributed by atoms with E-state index in [4.69, 9.17) is 9.84 Å². The molecule has 0 saturated heterocycles. The topological polar surface area (TPSA) is 66.8 Å². The molecule has 35 heavy (non-hydrogen) atoms. The van der Waals surface area contributed by atoms with Crippen LogP contribution in [0.25, 0.3) is 17.2 Å². The largest absolute Gasteiger partial charge is 0.507 e. The van der Waals surface area contributed by atoms with Gasteiger partial charge in [-0.05, 0) is 88.4 Å². The highest BCUT2D eigenvalue weighted by Crippen LogP contribution is 2.50. The number of fused-ring (bicyclic) bond motifs is 1. The van der Waals surface area contributed by atoms with Crippen molar-refractivity contribution in [3.8, 4) is 22.6 Å². The van der Waals surface area contributed by atoms with Crippen LogP contribution in [0.15, 0.2) is 60.7 Å². The van der Waals surface area contributed by atoms with Crippen LogP contribution in [0.5, 0.6) is 11.5 Å². The minimum atomic E-state index is -1.04. The van der Waals surface area contributed by atoms with Gasteiger partial charge >= 0.3 is 5.97 Å². The minimum absolute atomic E-state index is 0.0472. The third kappa shape index (κ3) is 5.24. The molecule has 0 unspecified atom stereocenters. The first-order valence-corrected chi connectivity index (χ1v) is 11.8. The summed E-state index contributed by atoms with van der Waals surface area (Å²) in [5.41, 5.74) is 4.92. The molecule has 3 aromatic rings. The number of benzene rings is 3. The Morgan fingerprint density at radius 3 is 2.31 bits per heavy atom. The van der Waals surface area contributed by atoms with E-state index in [0.717, 1.165) is 18.9 Å². The van der Waals surface area contributed by atoms with Crippen molar-refractivity contribution in [2.75, 3.05) is 0 Å². The molecule has 0 fully saturated rings. The van der Waals surface area contributed by atoms with Crippen molar-refractivity contribution in [2.24, 2.45) is 0 Å². The number of halogens is 1. The van der Waals surface area contributed by atoms with Gasteiger partial charge in [-0.25, -0.2) is 9.18 Å². The Balaban J connectivity index is 1.88. The fourth-order valence-corrected chi connectivity index (χ4v) is 4.75. The molecule has 1 aliphatic rings. The van der Waals surface area contributed by atoms with Gasteiger partial charge in [0.15, 0.2) is 0 Å². The summed E-state index contributed by atoms with van der Waals surface area (Å²) in [6.07, 6.45) is 4.62. The molecule has 0 aliphatic heterocycles. The Labute approximate surface area is 205 Å². The van der Waals surface area contributed by atoms with Crippen LogP contribution >= 0.6 is 0 Å². The van der Waals surface area contributed by atoms with E-state index in [2.05, 4.69) is 39.8 Å². The van der Waals surface area contributed by atoms with Crippen LogP contribution in [0.3, 0.4) is 0 Å². The molecule has 1 aliphatic carbocycles. The Kier molecular flexibility index (Phi) is 6.46. The van der Waals surface area contributed by atoms with Crippen LogP contribution in [0.1, 0.15) is 62.8 Å². The van der Waals surface area contributed by atoms with Gasteiger partial charge in [-0.3, -0.25) is 0 Å². The van der Waals surface area contributed by atoms with Crippen LogP contribution in [0.2, 0.25) is 0 Å². The molecular formula is C30H31FO4. The summed E-state index contributed by atoms with van der Waals surface area (Å²) in [5.74, 6) is -0.707. The van der Waals surface area contributed by atoms with Crippen molar-refractivity contribution in [2.45, 2.75) is 58.0 Å². The first-order chi connectivity index (χ1) is 16.5. The minimum Gasteiger partial charge on any atom is -0.507 e. The van der Waals surface area contributed by atoms with E-state index in [1.165, 1.54) is 29.3 Å². The number of hydrogen-bond donors (Lipinski definition) is 2. The molecule has 182 valence electrons. The van der Waals surface area contributed by atoms with Gasteiger partial charge in [0.2, 0.25) is 0 Å². The maximum absolute atomic E-state index is 13.7. The van der Waals surface area contributed by atoms with Gasteiger partial charge in [0.25, 0.3) is 0 Å². The van der Waals surface area contributed by atoms with Crippen molar-refractivity contribution in [3.05, 3.63) is 88.7 Å². The van der Waals surface area contributed by atoms with Gasteiger partial charge in [-0.1, -0.05) is 45.9 Å². The highest BCUT2D eigenvalue weighted by Gasteiger charge is 2.38. The fraction of sp³-hybridized carbons (Fsp3) is 0.300. The number of carboxylic acids is 1. The lowest BCUT2D eigenvalue weighted by Gasteiger charge is -2.42. The molecule has 4 rings (SSSR count). The second-order valence-electron chi connectivity index (χ2n) is 10.5. The van der Waals surface area contributed by atoms with Crippen LogP contribution in [-0.4, -0.2) is 16.2 Å². The second kappa shape index (κ2) is 9.21. The van der Waals surface area contributed by atoms with Crippen molar-refractivity contribution < 1.29 is 24.1 Å². The first kappa shape index (κ1) is 24.5. The predicted octanol–water partition coefficient (Wildman–Crippen LogP) is 7.22. The summed E-state index contributed by atoms with van der Waals surface area (Å²) in [7, 11) is 0. The zero-order chi connectivity index (χ0) is 25.4. The molecule has 0 atom stereocenters. The van der Waals surface area contributed by atoms with Crippen LogP contribution in [0, 0.1) is 5.82 Å². The van der Waals surface area contributed by atoms with E-state index in [9.17, 15) is 14.3 Å². The molecule has 5 heteroatoms. The van der Waals surface area contributed by atoms with Crippen LogP contribution in [0.4, 0.5) is 4.39 Å². The van der Waals surface area contributed by atoms with Crippen molar-refractivity contribution in [3.63, 3.8) is 0 Å². The van der Waals surface area contributed by atoms with Crippen molar-refractivity contribution in [1.29, 1.82) is 0 Å². The molecule has 0 amide bonds. The highest BCUT2D eigenvalue weighted by atomic mass is 19.1. The second-order valence-corrected chi connectivity index (χ2v) is 10.5. The summed E-state index contributed by atoms with van der Waals surface area (Å²) >= 11 is 0. The van der Waals surface area contributed by atoms with Crippen molar-refractivity contribution in [1.82, 2.24) is 0 Å². The quantitative estimate of drug-likeness (QED) is 0.370. The summed E-state index contributed by atoms with van der Waals surface area (Å²) in [6, 6.07) is 15.4. The van der Waals surface area contributed by atoms with Crippen LogP contribution in [-0.2, 0) is 22.2 Å².